The lowest BCUT2D eigenvalue weighted by atomic mass is 10.0. The molecule has 33 heavy (non-hydrogen) atoms. The van der Waals surface area contributed by atoms with Crippen LogP contribution in [0.4, 0.5) is 11.4 Å². The number of aromatic nitrogens is 1. The number of anilines is 2. The van der Waals surface area contributed by atoms with E-state index in [2.05, 4.69) is 10.6 Å². The van der Waals surface area contributed by atoms with Gasteiger partial charge in [-0.25, -0.2) is 4.98 Å². The Morgan fingerprint density at radius 2 is 1.91 bits per heavy atom. The molecule has 0 fully saturated rings. The van der Waals surface area contributed by atoms with E-state index in [0.29, 0.717) is 22.7 Å². The summed E-state index contributed by atoms with van der Waals surface area (Å²) in [6.07, 6.45) is 2.04. The Morgan fingerprint density at radius 3 is 2.79 bits per heavy atom. The zero-order valence-electron chi connectivity index (χ0n) is 17.6. The minimum Gasteiger partial charge on any atom is -0.326 e. The van der Waals surface area contributed by atoms with Crippen molar-refractivity contribution in [1.29, 1.82) is 0 Å². The number of thiazole rings is 1. The van der Waals surface area contributed by atoms with Crippen molar-refractivity contribution in [3.05, 3.63) is 88.3 Å². The molecule has 5 rings (SSSR count). The van der Waals surface area contributed by atoms with Gasteiger partial charge < -0.3 is 10.6 Å². The van der Waals surface area contributed by atoms with Gasteiger partial charge in [-0.3, -0.25) is 9.59 Å². The fraction of sp³-hybridized carbons (Fsp3) is 0.115. The van der Waals surface area contributed by atoms with Crippen LogP contribution in [0.15, 0.2) is 72.1 Å². The highest BCUT2D eigenvalue weighted by Gasteiger charge is 2.16. The second-order valence-corrected chi connectivity index (χ2v) is 9.09. The summed E-state index contributed by atoms with van der Waals surface area (Å²) < 4.78 is 0. The van der Waals surface area contributed by atoms with E-state index in [1.807, 2.05) is 60.0 Å². The zero-order chi connectivity index (χ0) is 22.8. The molecule has 0 saturated heterocycles. The van der Waals surface area contributed by atoms with Crippen LogP contribution in [0, 0.1) is 0 Å². The minimum absolute atomic E-state index is 0.0162. The topological polar surface area (TPSA) is 71.1 Å². The molecule has 164 valence electrons. The highest BCUT2D eigenvalue weighted by Crippen LogP contribution is 2.33. The Hall–Kier alpha value is -3.48. The van der Waals surface area contributed by atoms with Crippen molar-refractivity contribution in [2.45, 2.75) is 19.3 Å². The molecule has 0 atom stereocenters. The van der Waals surface area contributed by atoms with Gasteiger partial charge in [0.15, 0.2) is 0 Å². The minimum atomic E-state index is -0.194. The Bertz CT molecular complexity index is 1370. The SMILES string of the molecule is O=C1CCCc2cc(C(=O)Nc3cccc(-c4csc(-c5ccccc5Cl)n4)c3)ccc2N1. The number of carbonyl (C=O) groups excluding carboxylic acids is 2. The molecule has 1 aromatic heterocycles. The monoisotopic (exact) mass is 473 g/mol. The number of fused-ring (bicyclic) bond motifs is 1. The molecular weight excluding hydrogens is 454 g/mol. The molecule has 2 heterocycles. The highest BCUT2D eigenvalue weighted by atomic mass is 35.5. The van der Waals surface area contributed by atoms with Crippen LogP contribution in [-0.4, -0.2) is 16.8 Å². The third kappa shape index (κ3) is 4.67. The molecule has 0 saturated carbocycles. The molecule has 0 unspecified atom stereocenters. The van der Waals surface area contributed by atoms with Gasteiger partial charge in [-0.05, 0) is 54.8 Å². The van der Waals surface area contributed by atoms with Gasteiger partial charge in [-0.2, -0.15) is 0 Å². The van der Waals surface area contributed by atoms with E-state index < -0.39 is 0 Å². The first-order chi connectivity index (χ1) is 16.1. The van der Waals surface area contributed by atoms with Crippen LogP contribution in [0.25, 0.3) is 21.8 Å². The number of aryl methyl sites for hydroxylation is 1. The van der Waals surface area contributed by atoms with Gasteiger partial charge in [-0.15, -0.1) is 11.3 Å². The second-order valence-electron chi connectivity index (χ2n) is 7.83. The Kier molecular flexibility index (Phi) is 5.94. The predicted molar refractivity (Wildman–Crippen MR) is 134 cm³/mol. The fourth-order valence-electron chi connectivity index (χ4n) is 3.84. The molecule has 0 radical (unpaired) electrons. The molecular formula is C26H20ClN3O2S. The number of hydrogen-bond acceptors (Lipinski definition) is 4. The Morgan fingerprint density at radius 1 is 1.03 bits per heavy atom. The van der Waals surface area contributed by atoms with Crippen LogP contribution in [0.3, 0.4) is 0 Å². The lowest BCUT2D eigenvalue weighted by molar-refractivity contribution is -0.116. The summed E-state index contributed by atoms with van der Waals surface area (Å²) in [7, 11) is 0. The van der Waals surface area contributed by atoms with Gasteiger partial charge in [0.1, 0.15) is 5.01 Å². The van der Waals surface area contributed by atoms with Crippen LogP contribution in [-0.2, 0) is 11.2 Å². The number of hydrogen-bond donors (Lipinski definition) is 2. The molecule has 1 aliphatic rings. The molecule has 0 spiro atoms. The molecule has 0 bridgehead atoms. The standard InChI is InChI=1S/C26H20ClN3O2S/c27-21-9-2-1-8-20(21)26-30-23(15-33-26)17-5-3-7-19(14-17)28-25(32)18-11-12-22-16(13-18)6-4-10-24(31)29-22/h1-3,5,7-9,11-15H,4,6,10H2,(H,28,32)(H,29,31). The van der Waals surface area contributed by atoms with Crippen molar-refractivity contribution < 1.29 is 9.59 Å². The summed E-state index contributed by atoms with van der Waals surface area (Å²) in [5.41, 5.74) is 5.65. The van der Waals surface area contributed by atoms with Crippen LogP contribution < -0.4 is 10.6 Å². The summed E-state index contributed by atoms with van der Waals surface area (Å²) in [6.45, 7) is 0. The Labute approximate surface area is 200 Å². The van der Waals surface area contributed by atoms with E-state index in [-0.39, 0.29) is 11.8 Å². The van der Waals surface area contributed by atoms with Crippen molar-refractivity contribution in [3.8, 4) is 21.8 Å². The van der Waals surface area contributed by atoms with Gasteiger partial charge in [0.2, 0.25) is 5.91 Å². The number of nitrogens with one attached hydrogen (secondary N) is 2. The maximum atomic E-state index is 12.9. The number of rotatable bonds is 4. The predicted octanol–water partition coefficient (Wildman–Crippen LogP) is 6.66. The summed E-state index contributed by atoms with van der Waals surface area (Å²) in [5, 5.41) is 9.37. The van der Waals surface area contributed by atoms with E-state index in [0.717, 1.165) is 45.9 Å². The number of carbonyl (C=O) groups is 2. The van der Waals surface area contributed by atoms with Crippen LogP contribution in [0.5, 0.6) is 0 Å². The maximum Gasteiger partial charge on any atom is 0.255 e. The molecule has 4 aromatic rings. The van der Waals surface area contributed by atoms with Crippen LogP contribution in [0.2, 0.25) is 5.02 Å². The largest absolute Gasteiger partial charge is 0.326 e. The van der Waals surface area contributed by atoms with Crippen molar-refractivity contribution in [2.75, 3.05) is 10.6 Å². The quantitative estimate of drug-likeness (QED) is 0.348. The summed E-state index contributed by atoms with van der Waals surface area (Å²) in [6, 6.07) is 20.7. The maximum absolute atomic E-state index is 12.9. The molecule has 1 aliphatic heterocycles. The number of amides is 2. The Balaban J connectivity index is 1.35. The lowest BCUT2D eigenvalue weighted by Crippen LogP contribution is -2.13. The number of nitrogens with zero attached hydrogens (tertiary/aromatic N) is 1. The van der Waals surface area contributed by atoms with Crippen LogP contribution >= 0.6 is 22.9 Å². The molecule has 3 aromatic carbocycles. The van der Waals surface area contributed by atoms with Crippen molar-refractivity contribution >= 4 is 46.1 Å². The first kappa shape index (κ1) is 21.4. The van der Waals surface area contributed by atoms with Gasteiger partial charge >= 0.3 is 0 Å². The molecule has 0 aliphatic carbocycles. The molecule has 5 nitrogen and oxygen atoms in total. The van der Waals surface area contributed by atoms with Crippen LogP contribution in [0.1, 0.15) is 28.8 Å². The number of benzene rings is 3. The summed E-state index contributed by atoms with van der Waals surface area (Å²) >= 11 is 7.84. The van der Waals surface area contributed by atoms with E-state index in [4.69, 9.17) is 16.6 Å². The highest BCUT2D eigenvalue weighted by molar-refractivity contribution is 7.13. The van der Waals surface area contributed by atoms with Gasteiger partial charge in [0.25, 0.3) is 5.91 Å². The first-order valence-electron chi connectivity index (χ1n) is 10.6. The summed E-state index contributed by atoms with van der Waals surface area (Å²) in [5.74, 6) is -0.178. The van der Waals surface area contributed by atoms with E-state index in [1.165, 1.54) is 11.3 Å². The molecule has 7 heteroatoms. The van der Waals surface area contributed by atoms with Crippen molar-refractivity contribution in [2.24, 2.45) is 0 Å². The van der Waals surface area contributed by atoms with E-state index >= 15 is 0 Å². The molecule has 2 amide bonds. The second kappa shape index (κ2) is 9.17. The van der Waals surface area contributed by atoms with Gasteiger partial charge in [0, 0.05) is 39.9 Å². The molecule has 2 N–H and O–H groups in total. The fourth-order valence-corrected chi connectivity index (χ4v) is 4.99. The number of halogens is 1. The zero-order valence-corrected chi connectivity index (χ0v) is 19.2. The van der Waals surface area contributed by atoms with Gasteiger partial charge in [0.05, 0.1) is 10.7 Å². The van der Waals surface area contributed by atoms with E-state index in [9.17, 15) is 9.59 Å². The van der Waals surface area contributed by atoms with E-state index in [1.54, 1.807) is 12.1 Å². The normalized spacial score (nSPS) is 13.1. The average Bonchev–Trinajstić information content (AvgIpc) is 3.22. The first-order valence-corrected chi connectivity index (χ1v) is 11.9. The van der Waals surface area contributed by atoms with Crippen molar-refractivity contribution in [1.82, 2.24) is 4.98 Å². The summed E-state index contributed by atoms with van der Waals surface area (Å²) in [4.78, 5) is 29.4. The van der Waals surface area contributed by atoms with Gasteiger partial charge in [-0.1, -0.05) is 41.9 Å². The lowest BCUT2D eigenvalue weighted by Gasteiger charge is -2.10. The van der Waals surface area contributed by atoms with Crippen molar-refractivity contribution in [3.63, 3.8) is 0 Å². The third-order valence-electron chi connectivity index (χ3n) is 5.52. The third-order valence-corrected chi connectivity index (χ3v) is 6.72. The average molecular weight is 474 g/mol. The smallest absolute Gasteiger partial charge is 0.255 e.